The van der Waals surface area contributed by atoms with Crippen LogP contribution in [0.4, 0.5) is 0 Å². The lowest BCUT2D eigenvalue weighted by molar-refractivity contribution is 0.309. The zero-order chi connectivity index (χ0) is 18.5. The monoisotopic (exact) mass is 413 g/mol. The Labute approximate surface area is 161 Å². The molecule has 0 N–H and O–H groups in total. The van der Waals surface area contributed by atoms with Crippen molar-refractivity contribution >= 4 is 39.0 Å². The van der Waals surface area contributed by atoms with Gasteiger partial charge in [-0.15, -0.1) is 0 Å². The largest absolute Gasteiger partial charge is 0.494 e. The second-order valence-electron chi connectivity index (χ2n) is 5.57. The van der Waals surface area contributed by atoms with Gasteiger partial charge < -0.3 is 14.2 Å². The molecular weight excluding hydrogens is 394 g/mol. The van der Waals surface area contributed by atoms with E-state index in [1.54, 1.807) is 14.2 Å². The van der Waals surface area contributed by atoms with E-state index in [1.165, 1.54) is 0 Å². The van der Waals surface area contributed by atoms with Crippen LogP contribution in [-0.2, 0) is 0 Å². The van der Waals surface area contributed by atoms with Gasteiger partial charge in [0.1, 0.15) is 11.3 Å². The molecule has 0 fully saturated rings. The first-order valence-corrected chi connectivity index (χ1v) is 9.07. The number of aromatic nitrogens is 1. The quantitative estimate of drug-likeness (QED) is 0.528. The Morgan fingerprint density at radius 1 is 1.00 bits per heavy atom. The van der Waals surface area contributed by atoms with Crippen LogP contribution in [0.5, 0.6) is 17.2 Å². The number of hydrogen-bond donors (Lipinski definition) is 0. The molecule has 0 atom stereocenters. The van der Waals surface area contributed by atoms with Gasteiger partial charge in [-0.25, -0.2) is 4.98 Å². The van der Waals surface area contributed by atoms with Crippen LogP contribution in [-0.4, -0.2) is 25.8 Å². The Balaban J connectivity index is 1.95. The van der Waals surface area contributed by atoms with Crippen LogP contribution in [0, 0.1) is 0 Å². The molecule has 0 aliphatic carbocycles. The summed E-state index contributed by atoms with van der Waals surface area (Å²) in [6, 6.07) is 13.9. The number of para-hydroxylation sites is 1. The van der Waals surface area contributed by atoms with Crippen LogP contribution in [0.2, 0.25) is 0 Å². The fourth-order valence-electron chi connectivity index (χ4n) is 2.69. The number of nitrogens with zero attached hydrogens (tertiary/aromatic N) is 1. The molecule has 0 spiro atoms. The normalized spacial score (nSPS) is 11.1. The molecule has 1 aromatic heterocycles. The summed E-state index contributed by atoms with van der Waals surface area (Å²) in [6.07, 6.45) is 3.96. The Bertz CT molecular complexity index is 953. The minimum absolute atomic E-state index is 0.576. The van der Waals surface area contributed by atoms with Crippen LogP contribution in [0.15, 0.2) is 46.9 Å². The van der Waals surface area contributed by atoms with Gasteiger partial charge in [0.25, 0.3) is 0 Å². The smallest absolute Gasteiger partial charge is 0.175 e. The molecule has 4 nitrogen and oxygen atoms in total. The molecule has 0 aliphatic rings. The zero-order valence-corrected chi connectivity index (χ0v) is 16.5. The number of fused-ring (bicyclic) bond motifs is 1. The first kappa shape index (κ1) is 18.3. The van der Waals surface area contributed by atoms with Gasteiger partial charge in [0.15, 0.2) is 11.5 Å². The lowest BCUT2D eigenvalue weighted by Gasteiger charge is -2.12. The van der Waals surface area contributed by atoms with E-state index in [0.717, 1.165) is 32.4 Å². The van der Waals surface area contributed by atoms with E-state index in [2.05, 4.69) is 15.9 Å². The lowest BCUT2D eigenvalue weighted by Crippen LogP contribution is -1.96. The summed E-state index contributed by atoms with van der Waals surface area (Å²) >= 11 is 3.55. The van der Waals surface area contributed by atoms with E-state index in [0.29, 0.717) is 18.1 Å². The Kier molecular flexibility index (Phi) is 5.78. The van der Waals surface area contributed by atoms with Gasteiger partial charge in [0.05, 0.1) is 31.0 Å². The van der Waals surface area contributed by atoms with Crippen LogP contribution >= 0.6 is 15.9 Å². The molecule has 5 heteroatoms. The van der Waals surface area contributed by atoms with E-state index < -0.39 is 0 Å². The minimum Gasteiger partial charge on any atom is -0.494 e. The van der Waals surface area contributed by atoms with Crippen LogP contribution in [0.3, 0.4) is 0 Å². The molecule has 2 aromatic carbocycles. The number of methoxy groups -OCH3 is 2. The Morgan fingerprint density at radius 2 is 1.81 bits per heavy atom. The Hall–Kier alpha value is -2.53. The predicted molar refractivity (Wildman–Crippen MR) is 109 cm³/mol. The van der Waals surface area contributed by atoms with Crippen molar-refractivity contribution in [3.05, 3.63) is 58.2 Å². The number of rotatable bonds is 6. The summed E-state index contributed by atoms with van der Waals surface area (Å²) in [5, 5.41) is 1.05. The summed E-state index contributed by atoms with van der Waals surface area (Å²) < 4.78 is 17.3. The first-order chi connectivity index (χ1) is 12.7. The highest BCUT2D eigenvalue weighted by molar-refractivity contribution is 9.10. The predicted octanol–water partition coefficient (Wildman–Crippen LogP) is 5.58. The molecule has 0 saturated heterocycles. The van der Waals surface area contributed by atoms with Gasteiger partial charge in [0.2, 0.25) is 0 Å². The molecule has 3 aromatic rings. The standard InChI is InChI=1S/C21H20BrNO3/c1-4-26-21-17(22)12-14(13-19(21)25-3)8-10-16-11-9-15-6-5-7-18(24-2)20(15)23-16/h5-13H,4H2,1-3H3. The summed E-state index contributed by atoms with van der Waals surface area (Å²) in [7, 11) is 3.29. The topological polar surface area (TPSA) is 40.6 Å². The maximum atomic E-state index is 5.63. The second kappa shape index (κ2) is 8.23. The van der Waals surface area contributed by atoms with Gasteiger partial charge in [-0.05, 0) is 58.8 Å². The third-order valence-corrected chi connectivity index (χ3v) is 4.50. The summed E-state index contributed by atoms with van der Waals surface area (Å²) in [6.45, 7) is 2.52. The fraction of sp³-hybridized carbons (Fsp3) is 0.190. The van der Waals surface area contributed by atoms with Crippen molar-refractivity contribution in [2.45, 2.75) is 6.92 Å². The maximum absolute atomic E-state index is 5.63. The third kappa shape index (κ3) is 3.83. The second-order valence-corrected chi connectivity index (χ2v) is 6.42. The highest BCUT2D eigenvalue weighted by atomic mass is 79.9. The molecule has 0 amide bonds. The first-order valence-electron chi connectivity index (χ1n) is 8.28. The van der Waals surface area contributed by atoms with Crippen molar-refractivity contribution in [1.29, 1.82) is 0 Å². The summed E-state index contributed by atoms with van der Waals surface area (Å²) in [5.41, 5.74) is 2.69. The van der Waals surface area contributed by atoms with Crippen LogP contribution in [0.25, 0.3) is 23.1 Å². The number of hydrogen-bond acceptors (Lipinski definition) is 4. The molecular formula is C21H20BrNO3. The molecule has 0 aliphatic heterocycles. The average Bonchev–Trinajstić information content (AvgIpc) is 2.67. The number of halogens is 1. The van der Waals surface area contributed by atoms with Crippen molar-refractivity contribution in [1.82, 2.24) is 4.98 Å². The van der Waals surface area contributed by atoms with Crippen LogP contribution < -0.4 is 14.2 Å². The van der Waals surface area contributed by atoms with E-state index in [1.807, 2.05) is 61.5 Å². The molecule has 0 radical (unpaired) electrons. The minimum atomic E-state index is 0.576. The van der Waals surface area contributed by atoms with Crippen LogP contribution in [0.1, 0.15) is 18.2 Å². The van der Waals surface area contributed by atoms with Gasteiger partial charge in [-0.1, -0.05) is 24.3 Å². The van der Waals surface area contributed by atoms with Gasteiger partial charge in [0, 0.05) is 5.39 Å². The molecule has 0 saturated carbocycles. The number of benzene rings is 2. The SMILES string of the molecule is CCOc1c(Br)cc(C=Cc2ccc3cccc(OC)c3n2)cc1OC. The van der Waals surface area contributed by atoms with Crippen molar-refractivity contribution < 1.29 is 14.2 Å². The van der Waals surface area contributed by atoms with Crippen molar-refractivity contribution in [3.63, 3.8) is 0 Å². The van der Waals surface area contributed by atoms with Crippen molar-refractivity contribution in [2.24, 2.45) is 0 Å². The van der Waals surface area contributed by atoms with Crippen molar-refractivity contribution in [2.75, 3.05) is 20.8 Å². The highest BCUT2D eigenvalue weighted by Crippen LogP contribution is 2.37. The van der Waals surface area contributed by atoms with Crippen molar-refractivity contribution in [3.8, 4) is 17.2 Å². The number of pyridine rings is 1. The summed E-state index contributed by atoms with van der Waals surface area (Å²) in [4.78, 5) is 4.69. The third-order valence-electron chi connectivity index (χ3n) is 3.91. The van der Waals surface area contributed by atoms with E-state index in [4.69, 9.17) is 19.2 Å². The molecule has 0 bridgehead atoms. The highest BCUT2D eigenvalue weighted by Gasteiger charge is 2.10. The van der Waals surface area contributed by atoms with E-state index >= 15 is 0 Å². The molecule has 1 heterocycles. The Morgan fingerprint density at radius 3 is 2.54 bits per heavy atom. The van der Waals surface area contributed by atoms with Gasteiger partial charge in [-0.2, -0.15) is 0 Å². The van der Waals surface area contributed by atoms with E-state index in [9.17, 15) is 0 Å². The molecule has 3 rings (SSSR count). The van der Waals surface area contributed by atoms with E-state index in [-0.39, 0.29) is 0 Å². The lowest BCUT2D eigenvalue weighted by atomic mass is 10.1. The van der Waals surface area contributed by atoms with Gasteiger partial charge in [-0.3, -0.25) is 0 Å². The molecule has 26 heavy (non-hydrogen) atoms. The molecule has 134 valence electrons. The summed E-state index contributed by atoms with van der Waals surface area (Å²) in [5.74, 6) is 2.16. The molecule has 0 unspecified atom stereocenters. The number of ether oxygens (including phenoxy) is 3. The van der Waals surface area contributed by atoms with Gasteiger partial charge >= 0.3 is 0 Å². The zero-order valence-electron chi connectivity index (χ0n) is 15.0. The fourth-order valence-corrected chi connectivity index (χ4v) is 3.27. The average molecular weight is 414 g/mol. The maximum Gasteiger partial charge on any atom is 0.175 e.